The number of aromatic nitrogens is 4. The average Bonchev–Trinajstić information content (AvgIpc) is 2.87. The first-order valence-electron chi connectivity index (χ1n) is 5.07. The predicted molar refractivity (Wildman–Crippen MR) is 51.5 cm³/mol. The molecule has 0 aromatic carbocycles. The maximum absolute atomic E-state index is 9.74. The molecular weight excluding hydrogens is 232 g/mol. The van der Waals surface area contributed by atoms with Crippen LogP contribution < -0.4 is 0 Å². The Balaban J connectivity index is 2.29. The number of H-pyrrole nitrogens is 1. The van der Waals surface area contributed by atoms with Crippen LogP contribution in [0.1, 0.15) is 12.2 Å². The summed E-state index contributed by atoms with van der Waals surface area (Å²) < 4.78 is 10.6. The number of hydrogen-bond donors (Lipinski definition) is 4. The molecule has 9 nitrogen and oxygen atoms in total. The summed E-state index contributed by atoms with van der Waals surface area (Å²) in [6.07, 6.45) is -3.33. The number of aromatic amines is 1. The molecule has 0 unspecified atom stereocenters. The molecular formula is C8H14N4O5. The summed E-state index contributed by atoms with van der Waals surface area (Å²) in [7, 11) is 1.36. The van der Waals surface area contributed by atoms with Crippen molar-refractivity contribution in [1.82, 2.24) is 20.6 Å². The van der Waals surface area contributed by atoms with Gasteiger partial charge in [-0.1, -0.05) is 0 Å². The lowest BCUT2D eigenvalue weighted by molar-refractivity contribution is -0.326. The normalized spacial score (nSPS) is 38.2. The fourth-order valence-electron chi connectivity index (χ4n) is 1.84. The number of aliphatic hydroxyl groups excluding tert-OH is 3. The van der Waals surface area contributed by atoms with Crippen LogP contribution in [0.3, 0.4) is 0 Å². The minimum absolute atomic E-state index is 0.0549. The third-order valence-corrected chi connectivity index (χ3v) is 2.79. The van der Waals surface area contributed by atoms with E-state index in [0.717, 1.165) is 0 Å². The van der Waals surface area contributed by atoms with Crippen LogP contribution in [0.4, 0.5) is 0 Å². The Hall–Kier alpha value is -1.13. The zero-order valence-corrected chi connectivity index (χ0v) is 9.15. The Labute approximate surface area is 96.4 Å². The number of hydrogen-bond acceptors (Lipinski definition) is 8. The number of tetrazole rings is 1. The number of ether oxygens (including phenoxy) is 2. The van der Waals surface area contributed by atoms with E-state index in [2.05, 4.69) is 20.6 Å². The van der Waals surface area contributed by atoms with Crippen molar-refractivity contribution >= 4 is 0 Å². The van der Waals surface area contributed by atoms with Crippen LogP contribution in [0.15, 0.2) is 0 Å². The van der Waals surface area contributed by atoms with Gasteiger partial charge in [0.1, 0.15) is 12.2 Å². The maximum atomic E-state index is 9.74. The van der Waals surface area contributed by atoms with Gasteiger partial charge in [0.15, 0.2) is 0 Å². The largest absolute Gasteiger partial charge is 0.394 e. The van der Waals surface area contributed by atoms with Gasteiger partial charge in [-0.05, 0) is 5.21 Å². The molecule has 9 heteroatoms. The minimum Gasteiger partial charge on any atom is -0.394 e. The van der Waals surface area contributed by atoms with Crippen molar-refractivity contribution < 1.29 is 24.8 Å². The van der Waals surface area contributed by atoms with Crippen LogP contribution in [0.2, 0.25) is 0 Å². The molecule has 2 heterocycles. The van der Waals surface area contributed by atoms with Crippen molar-refractivity contribution in [2.75, 3.05) is 13.7 Å². The Bertz CT molecular complexity index is 361. The molecule has 1 fully saturated rings. The molecule has 1 saturated heterocycles. The van der Waals surface area contributed by atoms with Crippen LogP contribution >= 0.6 is 0 Å². The van der Waals surface area contributed by atoms with E-state index >= 15 is 0 Å². The molecule has 0 saturated carbocycles. The summed E-state index contributed by atoms with van der Waals surface area (Å²) >= 11 is 0. The van der Waals surface area contributed by atoms with Crippen molar-refractivity contribution in [2.24, 2.45) is 0 Å². The first-order valence-corrected chi connectivity index (χ1v) is 5.07. The first kappa shape index (κ1) is 12.3. The molecule has 1 aromatic rings. The summed E-state index contributed by atoms with van der Waals surface area (Å²) in [5, 5.41) is 41.5. The molecule has 1 aromatic heterocycles. The highest BCUT2D eigenvalue weighted by atomic mass is 16.7. The molecule has 17 heavy (non-hydrogen) atoms. The highest BCUT2D eigenvalue weighted by molar-refractivity contribution is 4.99. The average molecular weight is 246 g/mol. The molecule has 0 bridgehead atoms. The smallest absolute Gasteiger partial charge is 0.237 e. The number of methoxy groups -OCH3 is 1. The van der Waals surface area contributed by atoms with Crippen LogP contribution in [-0.2, 0) is 15.3 Å². The lowest BCUT2D eigenvalue weighted by Gasteiger charge is -2.42. The summed E-state index contributed by atoms with van der Waals surface area (Å²) in [5.41, 5.74) is 0. The van der Waals surface area contributed by atoms with Crippen molar-refractivity contribution in [3.05, 3.63) is 5.82 Å². The van der Waals surface area contributed by atoms with Crippen molar-refractivity contribution in [2.45, 2.75) is 30.5 Å². The van der Waals surface area contributed by atoms with E-state index in [1.54, 1.807) is 0 Å². The predicted octanol–water partition coefficient (Wildman–Crippen LogP) is -2.50. The van der Waals surface area contributed by atoms with Gasteiger partial charge in [-0.3, -0.25) is 0 Å². The molecule has 4 atom stereocenters. The van der Waals surface area contributed by atoms with Gasteiger partial charge in [0.25, 0.3) is 0 Å². The van der Waals surface area contributed by atoms with Crippen LogP contribution in [0.25, 0.3) is 0 Å². The molecule has 1 aliphatic heterocycles. The third kappa shape index (κ3) is 2.03. The molecule has 0 spiro atoms. The van der Waals surface area contributed by atoms with E-state index in [4.69, 9.17) is 14.6 Å². The SMILES string of the molecule is CO[C@@]1(c2nn[nH]n2)C[C@@H](O)[C@@H](O)[C@@H](CO)O1. The van der Waals surface area contributed by atoms with E-state index in [0.29, 0.717) is 0 Å². The Morgan fingerprint density at radius 2 is 2.35 bits per heavy atom. The van der Waals surface area contributed by atoms with Crippen molar-refractivity contribution in [3.8, 4) is 0 Å². The standard InChI is InChI=1S/C8H14N4O5/c1-16-8(7-9-11-12-10-7)2-4(14)6(15)5(3-13)17-8/h4-6,13-15H,2-3H2,1H3,(H,9,10,11,12)/t4-,5-,6-,8+/m1/s1. The van der Waals surface area contributed by atoms with Crippen LogP contribution in [-0.4, -0.2) is 68.0 Å². The third-order valence-electron chi connectivity index (χ3n) is 2.79. The highest BCUT2D eigenvalue weighted by Crippen LogP contribution is 2.36. The first-order chi connectivity index (χ1) is 8.13. The molecule has 0 amide bonds. The molecule has 0 radical (unpaired) electrons. The zero-order valence-electron chi connectivity index (χ0n) is 9.15. The van der Waals surface area contributed by atoms with Gasteiger partial charge in [0, 0.05) is 13.5 Å². The highest BCUT2D eigenvalue weighted by Gasteiger charge is 2.50. The van der Waals surface area contributed by atoms with E-state index in [1.165, 1.54) is 7.11 Å². The second kappa shape index (κ2) is 4.63. The Kier molecular flexibility index (Phi) is 3.35. The van der Waals surface area contributed by atoms with E-state index in [1.807, 2.05) is 0 Å². The van der Waals surface area contributed by atoms with Crippen LogP contribution in [0.5, 0.6) is 0 Å². The lowest BCUT2D eigenvalue weighted by Crippen LogP contribution is -2.55. The van der Waals surface area contributed by atoms with Gasteiger partial charge in [-0.2, -0.15) is 5.21 Å². The van der Waals surface area contributed by atoms with E-state index < -0.39 is 30.7 Å². The minimum atomic E-state index is -1.42. The number of rotatable bonds is 3. The van der Waals surface area contributed by atoms with Crippen LogP contribution in [0, 0.1) is 0 Å². The molecule has 0 aliphatic carbocycles. The van der Waals surface area contributed by atoms with Gasteiger partial charge in [-0.15, -0.1) is 10.2 Å². The zero-order chi connectivity index (χ0) is 12.5. The second-order valence-corrected chi connectivity index (χ2v) is 3.79. The number of aliphatic hydroxyl groups is 3. The maximum Gasteiger partial charge on any atom is 0.237 e. The summed E-state index contributed by atoms with van der Waals surface area (Å²) in [6, 6.07) is 0. The molecule has 2 rings (SSSR count). The monoisotopic (exact) mass is 246 g/mol. The summed E-state index contributed by atoms with van der Waals surface area (Å²) in [5.74, 6) is -1.32. The fraction of sp³-hybridized carbons (Fsp3) is 0.875. The lowest BCUT2D eigenvalue weighted by atomic mass is 9.95. The van der Waals surface area contributed by atoms with Crippen molar-refractivity contribution in [1.29, 1.82) is 0 Å². The van der Waals surface area contributed by atoms with Gasteiger partial charge >= 0.3 is 0 Å². The topological polar surface area (TPSA) is 134 Å². The molecule has 1 aliphatic rings. The summed E-state index contributed by atoms with van der Waals surface area (Å²) in [4.78, 5) is 0. The van der Waals surface area contributed by atoms with E-state index in [9.17, 15) is 10.2 Å². The number of nitrogens with one attached hydrogen (secondary N) is 1. The number of nitrogens with zero attached hydrogens (tertiary/aromatic N) is 3. The van der Waals surface area contributed by atoms with E-state index in [-0.39, 0.29) is 12.2 Å². The molecule has 96 valence electrons. The Morgan fingerprint density at radius 3 is 2.88 bits per heavy atom. The quantitative estimate of drug-likeness (QED) is 0.460. The van der Waals surface area contributed by atoms with Crippen molar-refractivity contribution in [3.63, 3.8) is 0 Å². The molecule has 4 N–H and O–H groups in total. The fourth-order valence-corrected chi connectivity index (χ4v) is 1.84. The summed E-state index contributed by atoms with van der Waals surface area (Å²) in [6.45, 7) is -0.457. The van der Waals surface area contributed by atoms with Gasteiger partial charge in [0.05, 0.1) is 12.7 Å². The Morgan fingerprint density at radius 1 is 1.59 bits per heavy atom. The van der Waals surface area contributed by atoms with Gasteiger partial charge in [0.2, 0.25) is 11.6 Å². The van der Waals surface area contributed by atoms with Gasteiger partial charge in [-0.25, -0.2) is 0 Å². The second-order valence-electron chi connectivity index (χ2n) is 3.79. The van der Waals surface area contributed by atoms with Gasteiger partial charge < -0.3 is 24.8 Å².